The van der Waals surface area contributed by atoms with E-state index in [-0.39, 0.29) is 11.5 Å². The molecule has 0 aliphatic carbocycles. The number of rotatable bonds is 3. The van der Waals surface area contributed by atoms with Crippen molar-refractivity contribution in [2.75, 3.05) is 11.9 Å². The summed E-state index contributed by atoms with van der Waals surface area (Å²) in [4.78, 5) is 16.5. The van der Waals surface area contributed by atoms with Gasteiger partial charge >= 0.3 is 5.97 Å². The third-order valence-corrected chi connectivity index (χ3v) is 2.51. The zero-order chi connectivity index (χ0) is 13.1. The molecule has 0 bridgehead atoms. The molecule has 0 aliphatic rings. The van der Waals surface area contributed by atoms with Gasteiger partial charge in [-0.1, -0.05) is 6.07 Å². The van der Waals surface area contributed by atoms with Gasteiger partial charge in [0.25, 0.3) is 0 Å². The third-order valence-electron chi connectivity index (χ3n) is 2.51. The molecule has 92 valence electrons. The first-order valence-corrected chi connectivity index (χ1v) is 5.27. The number of aromatic nitrogens is 1. The summed E-state index contributed by atoms with van der Waals surface area (Å²) in [6.45, 7) is 0. The minimum absolute atomic E-state index is 0.0264. The molecule has 0 amide bonds. The van der Waals surface area contributed by atoms with Crippen LogP contribution in [-0.2, 0) is 0 Å². The summed E-state index contributed by atoms with van der Waals surface area (Å²) in [6.07, 6.45) is 0. The summed E-state index contributed by atoms with van der Waals surface area (Å²) in [6, 6.07) is 10.6. The summed E-state index contributed by atoms with van der Waals surface area (Å²) in [5.74, 6) is -0.912. The number of carboxylic acids is 1. The molecule has 18 heavy (non-hydrogen) atoms. The highest BCUT2D eigenvalue weighted by Gasteiger charge is 2.09. The number of hydrogen-bond donors (Lipinski definition) is 1. The van der Waals surface area contributed by atoms with E-state index in [1.165, 1.54) is 18.2 Å². The first-order valence-electron chi connectivity index (χ1n) is 5.27. The minimum atomic E-state index is -1.08. The first kappa shape index (κ1) is 12.0. The Labute approximate surface area is 103 Å². The van der Waals surface area contributed by atoms with E-state index in [1.54, 1.807) is 36.2 Å². The number of pyridine rings is 1. The molecular weight excluding hydrogens is 235 g/mol. The Morgan fingerprint density at radius 1 is 1.22 bits per heavy atom. The Hall–Kier alpha value is -2.43. The zero-order valence-corrected chi connectivity index (χ0v) is 9.67. The maximum Gasteiger partial charge on any atom is 0.354 e. The number of carbonyl (C=O) groups is 1. The number of hydrogen-bond acceptors (Lipinski definition) is 3. The molecule has 0 saturated heterocycles. The van der Waals surface area contributed by atoms with Gasteiger partial charge in [0, 0.05) is 12.7 Å². The summed E-state index contributed by atoms with van der Waals surface area (Å²) >= 11 is 0. The van der Waals surface area contributed by atoms with E-state index < -0.39 is 5.97 Å². The zero-order valence-electron chi connectivity index (χ0n) is 9.67. The second kappa shape index (κ2) is 4.83. The van der Waals surface area contributed by atoms with Gasteiger partial charge in [-0.15, -0.1) is 0 Å². The maximum absolute atomic E-state index is 12.8. The Morgan fingerprint density at radius 3 is 2.50 bits per heavy atom. The van der Waals surface area contributed by atoms with Gasteiger partial charge in [-0.25, -0.2) is 14.2 Å². The molecule has 0 aliphatic heterocycles. The van der Waals surface area contributed by atoms with E-state index in [0.29, 0.717) is 5.82 Å². The second-order valence-electron chi connectivity index (χ2n) is 3.72. The maximum atomic E-state index is 12.8. The molecule has 0 radical (unpaired) electrons. The number of halogens is 1. The smallest absolute Gasteiger partial charge is 0.354 e. The molecule has 1 heterocycles. The molecule has 0 unspecified atom stereocenters. The number of benzene rings is 1. The summed E-state index contributed by atoms with van der Waals surface area (Å²) < 4.78 is 12.8. The fraction of sp³-hybridized carbons (Fsp3) is 0.0769. The monoisotopic (exact) mass is 246 g/mol. The highest BCUT2D eigenvalue weighted by atomic mass is 19.1. The lowest BCUT2D eigenvalue weighted by atomic mass is 10.2. The van der Waals surface area contributed by atoms with E-state index in [1.807, 2.05) is 0 Å². The van der Waals surface area contributed by atoms with Gasteiger partial charge in [-0.05, 0) is 36.4 Å². The molecular formula is C13H11FN2O2. The minimum Gasteiger partial charge on any atom is -0.477 e. The molecule has 1 N–H and O–H groups in total. The van der Waals surface area contributed by atoms with E-state index in [2.05, 4.69) is 4.98 Å². The average Bonchev–Trinajstić information content (AvgIpc) is 2.39. The quantitative estimate of drug-likeness (QED) is 0.904. The molecule has 2 rings (SSSR count). The van der Waals surface area contributed by atoms with Gasteiger partial charge in [0.15, 0.2) is 5.69 Å². The number of anilines is 2. The summed E-state index contributed by atoms with van der Waals surface area (Å²) in [5.41, 5.74) is 0.702. The van der Waals surface area contributed by atoms with Gasteiger partial charge in [-0.2, -0.15) is 0 Å². The van der Waals surface area contributed by atoms with E-state index in [9.17, 15) is 9.18 Å². The first-order chi connectivity index (χ1) is 8.58. The van der Waals surface area contributed by atoms with E-state index >= 15 is 0 Å². The van der Waals surface area contributed by atoms with Crippen molar-refractivity contribution in [3.05, 3.63) is 54.0 Å². The Bertz CT molecular complexity index is 569. The predicted octanol–water partition coefficient (Wildman–Crippen LogP) is 2.69. The van der Waals surface area contributed by atoms with E-state index in [4.69, 9.17) is 5.11 Å². The average molecular weight is 246 g/mol. The van der Waals surface area contributed by atoms with Crippen molar-refractivity contribution in [1.29, 1.82) is 0 Å². The van der Waals surface area contributed by atoms with Crippen LogP contribution in [0.4, 0.5) is 15.9 Å². The molecule has 0 atom stereocenters. The second-order valence-corrected chi connectivity index (χ2v) is 3.72. The predicted molar refractivity (Wildman–Crippen MR) is 65.7 cm³/mol. The van der Waals surface area contributed by atoms with Crippen LogP contribution in [0.15, 0.2) is 42.5 Å². The molecule has 1 aromatic heterocycles. The molecule has 1 aromatic carbocycles. The van der Waals surface area contributed by atoms with Crippen LogP contribution in [0.1, 0.15) is 10.5 Å². The van der Waals surface area contributed by atoms with Crippen LogP contribution >= 0.6 is 0 Å². The lowest BCUT2D eigenvalue weighted by Crippen LogP contribution is -2.13. The normalized spacial score (nSPS) is 10.1. The molecule has 4 nitrogen and oxygen atoms in total. The van der Waals surface area contributed by atoms with Crippen LogP contribution in [0.2, 0.25) is 0 Å². The van der Waals surface area contributed by atoms with Crippen LogP contribution in [-0.4, -0.2) is 23.1 Å². The van der Waals surface area contributed by atoms with Crippen molar-refractivity contribution in [3.63, 3.8) is 0 Å². The van der Waals surface area contributed by atoms with Gasteiger partial charge in [0.05, 0.1) is 0 Å². The largest absolute Gasteiger partial charge is 0.477 e. The van der Waals surface area contributed by atoms with Crippen LogP contribution in [0.25, 0.3) is 0 Å². The van der Waals surface area contributed by atoms with Gasteiger partial charge in [0.1, 0.15) is 11.6 Å². The van der Waals surface area contributed by atoms with Gasteiger partial charge in [0.2, 0.25) is 0 Å². The molecule has 2 aromatic rings. The highest BCUT2D eigenvalue weighted by molar-refractivity contribution is 5.85. The Kier molecular flexibility index (Phi) is 3.23. The fourth-order valence-electron chi connectivity index (χ4n) is 1.53. The topological polar surface area (TPSA) is 53.4 Å². The van der Waals surface area contributed by atoms with Crippen LogP contribution in [0.3, 0.4) is 0 Å². The van der Waals surface area contributed by atoms with Crippen LogP contribution in [0.5, 0.6) is 0 Å². The molecule has 0 spiro atoms. The number of aromatic carboxylic acids is 1. The van der Waals surface area contributed by atoms with E-state index in [0.717, 1.165) is 5.69 Å². The SMILES string of the molecule is CN(c1ccc(F)cc1)c1cccc(C(=O)O)n1. The molecule has 5 heteroatoms. The summed E-state index contributed by atoms with van der Waals surface area (Å²) in [5, 5.41) is 8.87. The van der Waals surface area contributed by atoms with Crippen molar-refractivity contribution >= 4 is 17.5 Å². The van der Waals surface area contributed by atoms with Crippen molar-refractivity contribution in [3.8, 4) is 0 Å². The van der Waals surface area contributed by atoms with Crippen molar-refractivity contribution in [2.45, 2.75) is 0 Å². The standard InChI is InChI=1S/C13H11FN2O2/c1-16(10-7-5-9(14)6-8-10)12-4-2-3-11(15-12)13(17)18/h2-8H,1H3,(H,17,18). The van der Waals surface area contributed by atoms with Crippen molar-refractivity contribution in [1.82, 2.24) is 4.98 Å². The van der Waals surface area contributed by atoms with Crippen LogP contribution in [0, 0.1) is 5.82 Å². The van der Waals surface area contributed by atoms with Crippen molar-refractivity contribution < 1.29 is 14.3 Å². The number of carboxylic acid groups (broad SMARTS) is 1. The van der Waals surface area contributed by atoms with Crippen LogP contribution < -0.4 is 4.90 Å². The lowest BCUT2D eigenvalue weighted by molar-refractivity contribution is 0.0690. The third kappa shape index (κ3) is 2.45. The Balaban J connectivity index is 2.33. The molecule has 0 saturated carbocycles. The Morgan fingerprint density at radius 2 is 1.89 bits per heavy atom. The number of nitrogens with zero attached hydrogens (tertiary/aromatic N) is 2. The lowest BCUT2D eigenvalue weighted by Gasteiger charge is -2.18. The van der Waals surface area contributed by atoms with Gasteiger partial charge < -0.3 is 10.0 Å². The van der Waals surface area contributed by atoms with Gasteiger partial charge in [-0.3, -0.25) is 0 Å². The molecule has 0 fully saturated rings. The summed E-state index contributed by atoms with van der Waals surface area (Å²) in [7, 11) is 1.74. The highest BCUT2D eigenvalue weighted by Crippen LogP contribution is 2.21. The fourth-order valence-corrected chi connectivity index (χ4v) is 1.53. The van der Waals surface area contributed by atoms with Crippen molar-refractivity contribution in [2.24, 2.45) is 0 Å².